The van der Waals surface area contributed by atoms with Crippen LogP contribution in [0.1, 0.15) is 26.7 Å². The Kier molecular flexibility index (Phi) is 5.69. The molecule has 16 heavy (non-hydrogen) atoms. The fraction of sp³-hybridized carbons (Fsp3) is 1.00. The van der Waals surface area contributed by atoms with E-state index in [0.29, 0.717) is 12.6 Å². The molecule has 0 saturated carbocycles. The van der Waals surface area contributed by atoms with Crippen LogP contribution in [0.5, 0.6) is 0 Å². The van der Waals surface area contributed by atoms with Crippen LogP contribution >= 0.6 is 0 Å². The first-order chi connectivity index (χ1) is 7.66. The van der Waals surface area contributed by atoms with Crippen molar-refractivity contribution in [2.24, 2.45) is 5.73 Å². The van der Waals surface area contributed by atoms with Gasteiger partial charge in [-0.1, -0.05) is 0 Å². The van der Waals surface area contributed by atoms with E-state index in [9.17, 15) is 0 Å². The molecular weight excluding hydrogens is 204 g/mol. The van der Waals surface area contributed by atoms with Gasteiger partial charge in [0.2, 0.25) is 0 Å². The Labute approximate surface area is 99.1 Å². The molecule has 1 aliphatic rings. The number of rotatable bonds is 6. The number of nitrogens with two attached hydrogens (primary N) is 1. The molecule has 4 heteroatoms. The highest BCUT2D eigenvalue weighted by atomic mass is 16.5. The smallest absolute Gasteiger partial charge is 0.0662 e. The van der Waals surface area contributed by atoms with Crippen LogP contribution in [0.2, 0.25) is 0 Å². The van der Waals surface area contributed by atoms with Crippen LogP contribution < -0.4 is 5.73 Å². The van der Waals surface area contributed by atoms with Gasteiger partial charge in [0.1, 0.15) is 0 Å². The lowest BCUT2D eigenvalue weighted by molar-refractivity contribution is -0.0644. The van der Waals surface area contributed by atoms with Crippen molar-refractivity contribution >= 4 is 0 Å². The van der Waals surface area contributed by atoms with Gasteiger partial charge in [0.05, 0.1) is 18.8 Å². The van der Waals surface area contributed by atoms with Gasteiger partial charge in [-0.25, -0.2) is 0 Å². The third-order valence-electron chi connectivity index (χ3n) is 3.45. The summed E-state index contributed by atoms with van der Waals surface area (Å²) < 4.78 is 10.8. The van der Waals surface area contributed by atoms with Crippen molar-refractivity contribution < 1.29 is 9.47 Å². The largest absolute Gasteiger partial charge is 0.383 e. The maximum atomic E-state index is 5.99. The highest BCUT2D eigenvalue weighted by Crippen LogP contribution is 2.27. The number of ether oxygens (including phenoxy) is 2. The molecule has 0 spiro atoms. The van der Waals surface area contributed by atoms with E-state index in [2.05, 4.69) is 18.7 Å². The Morgan fingerprint density at radius 3 is 2.69 bits per heavy atom. The van der Waals surface area contributed by atoms with E-state index in [4.69, 9.17) is 15.2 Å². The topological polar surface area (TPSA) is 47.7 Å². The molecule has 0 radical (unpaired) electrons. The Morgan fingerprint density at radius 1 is 1.50 bits per heavy atom. The summed E-state index contributed by atoms with van der Waals surface area (Å²) in [6, 6.07) is 0.473. The molecule has 1 aliphatic heterocycles. The van der Waals surface area contributed by atoms with Gasteiger partial charge in [-0.3, -0.25) is 4.90 Å². The molecule has 1 unspecified atom stereocenters. The van der Waals surface area contributed by atoms with Gasteiger partial charge in [0.15, 0.2) is 0 Å². The van der Waals surface area contributed by atoms with Crippen molar-refractivity contribution in [1.82, 2.24) is 4.90 Å². The molecule has 0 bridgehead atoms. The normalized spacial score (nSPS) is 26.6. The Hall–Kier alpha value is -0.160. The lowest BCUT2D eigenvalue weighted by Crippen LogP contribution is -2.61. The van der Waals surface area contributed by atoms with Crippen LogP contribution in [0.4, 0.5) is 0 Å². The minimum Gasteiger partial charge on any atom is -0.383 e. The molecule has 1 atom stereocenters. The molecule has 96 valence electrons. The van der Waals surface area contributed by atoms with Crippen molar-refractivity contribution in [2.75, 3.05) is 40.0 Å². The average Bonchev–Trinajstić information content (AvgIpc) is 2.30. The van der Waals surface area contributed by atoms with Gasteiger partial charge in [-0.05, 0) is 26.7 Å². The van der Waals surface area contributed by atoms with Crippen LogP contribution in [0, 0.1) is 0 Å². The van der Waals surface area contributed by atoms with Crippen LogP contribution in [-0.2, 0) is 9.47 Å². The lowest BCUT2D eigenvalue weighted by Gasteiger charge is -2.47. The number of hydrogen-bond donors (Lipinski definition) is 1. The fourth-order valence-corrected chi connectivity index (χ4v) is 2.58. The predicted octanol–water partition coefficient (Wildman–Crippen LogP) is 0.851. The first-order valence-corrected chi connectivity index (χ1v) is 6.20. The summed E-state index contributed by atoms with van der Waals surface area (Å²) in [5.41, 5.74) is 6.00. The minimum absolute atomic E-state index is 0.0188. The Balaban J connectivity index is 2.70. The predicted molar refractivity (Wildman–Crippen MR) is 65.6 cm³/mol. The van der Waals surface area contributed by atoms with E-state index in [1.54, 1.807) is 7.11 Å². The summed E-state index contributed by atoms with van der Waals surface area (Å²) in [6.45, 7) is 8.39. The first-order valence-electron chi connectivity index (χ1n) is 6.20. The van der Waals surface area contributed by atoms with Gasteiger partial charge in [-0.15, -0.1) is 0 Å². The second kappa shape index (κ2) is 6.55. The Bertz CT molecular complexity index is 191. The van der Waals surface area contributed by atoms with Crippen molar-refractivity contribution in [2.45, 2.75) is 38.3 Å². The highest BCUT2D eigenvalue weighted by Gasteiger charge is 2.38. The second-order valence-corrected chi connectivity index (χ2v) is 4.86. The third kappa shape index (κ3) is 3.17. The van der Waals surface area contributed by atoms with Crippen LogP contribution in [0.25, 0.3) is 0 Å². The average molecular weight is 230 g/mol. The SMILES string of the molecule is COCCN(C(C)C)C1(CN)CCCOC1. The van der Waals surface area contributed by atoms with E-state index in [1.807, 2.05) is 0 Å². The molecule has 1 saturated heterocycles. The zero-order chi connectivity index (χ0) is 12.0. The Morgan fingerprint density at radius 2 is 2.25 bits per heavy atom. The molecule has 1 rings (SSSR count). The fourth-order valence-electron chi connectivity index (χ4n) is 2.58. The molecule has 0 aromatic heterocycles. The van der Waals surface area contributed by atoms with E-state index in [1.165, 1.54) is 0 Å². The van der Waals surface area contributed by atoms with Crippen molar-refractivity contribution in [3.8, 4) is 0 Å². The summed E-state index contributed by atoms with van der Waals surface area (Å²) in [4.78, 5) is 2.44. The maximum absolute atomic E-state index is 5.99. The molecule has 0 aromatic rings. The number of methoxy groups -OCH3 is 1. The van der Waals surface area contributed by atoms with Gasteiger partial charge in [0.25, 0.3) is 0 Å². The van der Waals surface area contributed by atoms with Crippen molar-refractivity contribution in [1.29, 1.82) is 0 Å². The first kappa shape index (κ1) is 13.9. The molecule has 0 amide bonds. The number of hydrogen-bond acceptors (Lipinski definition) is 4. The van der Waals surface area contributed by atoms with Crippen molar-refractivity contribution in [3.05, 3.63) is 0 Å². The summed E-state index contributed by atoms with van der Waals surface area (Å²) in [5.74, 6) is 0. The standard InChI is InChI=1S/C12H26N2O2/c1-11(2)14(6-8-15-3)12(9-13)5-4-7-16-10-12/h11H,4-10,13H2,1-3H3. The molecule has 1 heterocycles. The summed E-state index contributed by atoms with van der Waals surface area (Å²) in [7, 11) is 1.74. The third-order valence-corrected chi connectivity index (χ3v) is 3.45. The van der Waals surface area contributed by atoms with Crippen LogP contribution in [-0.4, -0.2) is 56.5 Å². The zero-order valence-electron chi connectivity index (χ0n) is 10.9. The van der Waals surface area contributed by atoms with Gasteiger partial charge in [-0.2, -0.15) is 0 Å². The second-order valence-electron chi connectivity index (χ2n) is 4.86. The van der Waals surface area contributed by atoms with Crippen LogP contribution in [0.15, 0.2) is 0 Å². The number of nitrogens with zero attached hydrogens (tertiary/aromatic N) is 1. The molecule has 0 aliphatic carbocycles. The summed E-state index contributed by atoms with van der Waals surface area (Å²) in [6.07, 6.45) is 2.23. The van der Waals surface area contributed by atoms with Gasteiger partial charge >= 0.3 is 0 Å². The quantitative estimate of drug-likeness (QED) is 0.735. The van der Waals surface area contributed by atoms with Gasteiger partial charge in [0, 0.05) is 32.8 Å². The molecule has 2 N–H and O–H groups in total. The monoisotopic (exact) mass is 230 g/mol. The van der Waals surface area contributed by atoms with Gasteiger partial charge < -0.3 is 15.2 Å². The van der Waals surface area contributed by atoms with E-state index in [0.717, 1.165) is 39.2 Å². The minimum atomic E-state index is 0.0188. The van der Waals surface area contributed by atoms with Crippen LogP contribution in [0.3, 0.4) is 0 Å². The van der Waals surface area contributed by atoms with Crippen molar-refractivity contribution in [3.63, 3.8) is 0 Å². The molecule has 1 fully saturated rings. The molecular formula is C12H26N2O2. The highest BCUT2D eigenvalue weighted by molar-refractivity contribution is 4.95. The summed E-state index contributed by atoms with van der Waals surface area (Å²) >= 11 is 0. The van der Waals surface area contributed by atoms with E-state index in [-0.39, 0.29) is 5.54 Å². The maximum Gasteiger partial charge on any atom is 0.0662 e. The van der Waals surface area contributed by atoms with E-state index < -0.39 is 0 Å². The zero-order valence-corrected chi connectivity index (χ0v) is 10.9. The summed E-state index contributed by atoms with van der Waals surface area (Å²) in [5, 5.41) is 0. The molecule has 0 aromatic carbocycles. The van der Waals surface area contributed by atoms with E-state index >= 15 is 0 Å². The molecule has 4 nitrogen and oxygen atoms in total. The lowest BCUT2D eigenvalue weighted by atomic mass is 9.89.